The molecule has 0 aliphatic carbocycles. The third-order valence-corrected chi connectivity index (χ3v) is 4.68. The van der Waals surface area contributed by atoms with Crippen LogP contribution in [0.2, 0.25) is 0 Å². The Morgan fingerprint density at radius 2 is 1.93 bits per heavy atom. The topological polar surface area (TPSA) is 43.3 Å². The van der Waals surface area contributed by atoms with Crippen LogP contribution < -0.4 is 10.1 Å². The standard InChI is InChI=1S/C22H25FN2O2/c1-4-15(3)24-22(26)20-13-18-19(7-6-8-21(18)27-5-2)25(20)14-16-9-11-17(23)12-10-16/h6-13,15H,4-5,14H2,1-3H3,(H,24,26). The second kappa shape index (κ2) is 8.25. The molecule has 0 aliphatic heterocycles. The number of amides is 1. The number of nitrogens with one attached hydrogen (secondary N) is 1. The van der Waals surface area contributed by atoms with Gasteiger partial charge in [-0.2, -0.15) is 0 Å². The Hall–Kier alpha value is -2.82. The Labute approximate surface area is 158 Å². The smallest absolute Gasteiger partial charge is 0.268 e. The van der Waals surface area contributed by atoms with Gasteiger partial charge in [0, 0.05) is 18.0 Å². The molecule has 1 atom stereocenters. The van der Waals surface area contributed by atoms with Gasteiger partial charge in [-0.15, -0.1) is 0 Å². The van der Waals surface area contributed by atoms with Crippen LogP contribution in [0.4, 0.5) is 4.39 Å². The van der Waals surface area contributed by atoms with Gasteiger partial charge in [0.2, 0.25) is 0 Å². The van der Waals surface area contributed by atoms with E-state index < -0.39 is 0 Å². The van der Waals surface area contributed by atoms with E-state index in [1.807, 2.05) is 49.6 Å². The minimum absolute atomic E-state index is 0.0844. The van der Waals surface area contributed by atoms with Gasteiger partial charge in [-0.05, 0) is 56.2 Å². The number of hydrogen-bond acceptors (Lipinski definition) is 2. The number of aromatic nitrogens is 1. The summed E-state index contributed by atoms with van der Waals surface area (Å²) >= 11 is 0. The van der Waals surface area contributed by atoms with Crippen LogP contribution in [-0.2, 0) is 6.54 Å². The number of ether oxygens (including phenoxy) is 1. The van der Waals surface area contributed by atoms with E-state index in [0.717, 1.165) is 28.6 Å². The normalized spacial score (nSPS) is 12.1. The van der Waals surface area contributed by atoms with Crippen molar-refractivity contribution in [2.24, 2.45) is 0 Å². The molecule has 4 nitrogen and oxygen atoms in total. The van der Waals surface area contributed by atoms with Crippen molar-refractivity contribution in [2.45, 2.75) is 39.8 Å². The molecule has 1 N–H and O–H groups in total. The molecular formula is C22H25FN2O2. The lowest BCUT2D eigenvalue weighted by Crippen LogP contribution is -2.33. The van der Waals surface area contributed by atoms with Crippen LogP contribution in [0.1, 0.15) is 43.2 Å². The Morgan fingerprint density at radius 1 is 1.19 bits per heavy atom. The van der Waals surface area contributed by atoms with Gasteiger partial charge in [-0.3, -0.25) is 4.79 Å². The van der Waals surface area contributed by atoms with Crippen LogP contribution in [-0.4, -0.2) is 23.1 Å². The molecule has 0 saturated heterocycles. The van der Waals surface area contributed by atoms with Crippen LogP contribution in [0.5, 0.6) is 5.75 Å². The average molecular weight is 368 g/mol. The van der Waals surface area contributed by atoms with Gasteiger partial charge in [0.1, 0.15) is 17.3 Å². The molecule has 0 spiro atoms. The zero-order valence-corrected chi connectivity index (χ0v) is 16.0. The predicted molar refractivity (Wildman–Crippen MR) is 106 cm³/mol. The van der Waals surface area contributed by atoms with Crippen molar-refractivity contribution in [3.63, 3.8) is 0 Å². The molecule has 0 radical (unpaired) electrons. The number of halogens is 1. The largest absolute Gasteiger partial charge is 0.493 e. The van der Waals surface area contributed by atoms with Crippen molar-refractivity contribution in [3.05, 3.63) is 65.6 Å². The van der Waals surface area contributed by atoms with Crippen molar-refractivity contribution in [1.29, 1.82) is 0 Å². The predicted octanol–water partition coefficient (Wildman–Crippen LogP) is 4.76. The summed E-state index contributed by atoms with van der Waals surface area (Å²) in [6.45, 7) is 6.98. The van der Waals surface area contributed by atoms with Crippen molar-refractivity contribution in [3.8, 4) is 5.75 Å². The SMILES string of the molecule is CCOc1cccc2c1cc(C(=O)NC(C)CC)n2Cc1ccc(F)cc1. The monoisotopic (exact) mass is 368 g/mol. The molecule has 2 aromatic carbocycles. The average Bonchev–Trinajstić information content (AvgIpc) is 3.03. The quantitative estimate of drug-likeness (QED) is 0.654. The number of fused-ring (bicyclic) bond motifs is 1. The highest BCUT2D eigenvalue weighted by Gasteiger charge is 2.19. The third kappa shape index (κ3) is 4.13. The van der Waals surface area contributed by atoms with E-state index in [2.05, 4.69) is 5.32 Å². The Morgan fingerprint density at radius 3 is 2.59 bits per heavy atom. The summed E-state index contributed by atoms with van der Waals surface area (Å²) in [5, 5.41) is 3.93. The van der Waals surface area contributed by atoms with Gasteiger partial charge in [0.15, 0.2) is 0 Å². The van der Waals surface area contributed by atoms with Crippen LogP contribution in [0.3, 0.4) is 0 Å². The van der Waals surface area contributed by atoms with Crippen LogP contribution >= 0.6 is 0 Å². The number of carbonyl (C=O) groups excluding carboxylic acids is 1. The highest BCUT2D eigenvalue weighted by molar-refractivity contribution is 6.00. The lowest BCUT2D eigenvalue weighted by Gasteiger charge is -2.14. The summed E-state index contributed by atoms with van der Waals surface area (Å²) in [6.07, 6.45) is 0.855. The lowest BCUT2D eigenvalue weighted by molar-refractivity contribution is 0.0931. The van der Waals surface area contributed by atoms with Gasteiger partial charge >= 0.3 is 0 Å². The molecule has 1 aromatic heterocycles. The van der Waals surface area contributed by atoms with E-state index in [0.29, 0.717) is 18.8 Å². The highest BCUT2D eigenvalue weighted by atomic mass is 19.1. The first-order chi connectivity index (χ1) is 13.0. The first kappa shape index (κ1) is 19.0. The Kier molecular flexibility index (Phi) is 5.79. The summed E-state index contributed by atoms with van der Waals surface area (Å²) in [6, 6.07) is 14.1. The van der Waals surface area contributed by atoms with Crippen LogP contribution in [0.25, 0.3) is 10.9 Å². The minimum atomic E-state index is -0.274. The first-order valence-corrected chi connectivity index (χ1v) is 9.33. The van der Waals surface area contributed by atoms with Crippen LogP contribution in [0.15, 0.2) is 48.5 Å². The summed E-state index contributed by atoms with van der Waals surface area (Å²) in [4.78, 5) is 12.9. The van der Waals surface area contributed by atoms with Gasteiger partial charge in [-0.1, -0.05) is 25.1 Å². The van der Waals surface area contributed by atoms with Crippen molar-refractivity contribution in [2.75, 3.05) is 6.61 Å². The maximum Gasteiger partial charge on any atom is 0.268 e. The summed E-state index contributed by atoms with van der Waals surface area (Å²) in [5.41, 5.74) is 2.41. The van der Waals surface area contributed by atoms with E-state index in [1.54, 1.807) is 12.1 Å². The van der Waals surface area contributed by atoms with E-state index >= 15 is 0 Å². The molecule has 5 heteroatoms. The molecule has 1 amide bonds. The molecule has 3 aromatic rings. The summed E-state index contributed by atoms with van der Waals surface area (Å²) < 4.78 is 21.0. The van der Waals surface area contributed by atoms with Crippen LogP contribution in [0, 0.1) is 5.82 Å². The van der Waals surface area contributed by atoms with E-state index in [4.69, 9.17) is 4.74 Å². The Balaban J connectivity index is 2.09. The molecule has 0 fully saturated rings. The zero-order valence-electron chi connectivity index (χ0n) is 16.0. The maximum atomic E-state index is 13.3. The van der Waals surface area contributed by atoms with Crippen molar-refractivity contribution in [1.82, 2.24) is 9.88 Å². The number of rotatable bonds is 7. The molecule has 3 rings (SSSR count). The van der Waals surface area contributed by atoms with E-state index in [9.17, 15) is 9.18 Å². The number of benzene rings is 2. The second-order valence-corrected chi connectivity index (χ2v) is 6.65. The first-order valence-electron chi connectivity index (χ1n) is 9.33. The molecule has 0 aliphatic rings. The fourth-order valence-electron chi connectivity index (χ4n) is 3.07. The molecule has 27 heavy (non-hydrogen) atoms. The molecular weight excluding hydrogens is 343 g/mol. The summed E-state index contributed by atoms with van der Waals surface area (Å²) in [7, 11) is 0. The fraction of sp³-hybridized carbons (Fsp3) is 0.318. The van der Waals surface area contributed by atoms with Crippen molar-refractivity contribution < 1.29 is 13.9 Å². The zero-order chi connectivity index (χ0) is 19.4. The molecule has 0 saturated carbocycles. The second-order valence-electron chi connectivity index (χ2n) is 6.65. The molecule has 1 unspecified atom stereocenters. The fourth-order valence-corrected chi connectivity index (χ4v) is 3.07. The maximum absolute atomic E-state index is 13.3. The van der Waals surface area contributed by atoms with Gasteiger partial charge in [-0.25, -0.2) is 4.39 Å². The van der Waals surface area contributed by atoms with E-state index in [1.165, 1.54) is 12.1 Å². The number of carbonyl (C=O) groups is 1. The van der Waals surface area contributed by atoms with Gasteiger partial charge in [0.25, 0.3) is 5.91 Å². The van der Waals surface area contributed by atoms with Gasteiger partial charge in [0.05, 0.1) is 12.1 Å². The molecule has 142 valence electrons. The molecule has 0 bridgehead atoms. The van der Waals surface area contributed by atoms with Gasteiger partial charge < -0.3 is 14.6 Å². The highest BCUT2D eigenvalue weighted by Crippen LogP contribution is 2.30. The summed E-state index contributed by atoms with van der Waals surface area (Å²) in [5.74, 6) is 0.361. The van der Waals surface area contributed by atoms with E-state index in [-0.39, 0.29) is 17.8 Å². The number of hydrogen-bond donors (Lipinski definition) is 1. The minimum Gasteiger partial charge on any atom is -0.493 e. The lowest BCUT2D eigenvalue weighted by atomic mass is 10.2. The number of nitrogens with zero attached hydrogens (tertiary/aromatic N) is 1. The molecule has 1 heterocycles. The Bertz CT molecular complexity index is 931. The third-order valence-electron chi connectivity index (χ3n) is 4.68. The van der Waals surface area contributed by atoms with Crippen molar-refractivity contribution >= 4 is 16.8 Å².